The molecule has 0 radical (unpaired) electrons. The van der Waals surface area contributed by atoms with Crippen LogP contribution in [0.3, 0.4) is 0 Å². The summed E-state index contributed by atoms with van der Waals surface area (Å²) < 4.78 is 15.8. The fourth-order valence-corrected chi connectivity index (χ4v) is 13.0. The predicted octanol–water partition coefficient (Wildman–Crippen LogP) is 20.2. The van der Waals surface area contributed by atoms with E-state index in [1.165, 1.54) is 5.56 Å². The van der Waals surface area contributed by atoms with Crippen LogP contribution in [-0.4, -0.2) is 19.4 Å². The molecule has 5 aromatic heterocycles. The van der Waals surface area contributed by atoms with E-state index in [1.54, 1.807) is 0 Å². The van der Waals surface area contributed by atoms with Gasteiger partial charge in [-0.05, 0) is 136 Å². The molecule has 6 nitrogen and oxygen atoms in total. The van der Waals surface area contributed by atoms with Crippen LogP contribution >= 0.6 is 0 Å². The normalized spacial score (nSPS) is 12.0. The Morgan fingerprint density at radius 3 is 1.44 bits per heavy atom. The van der Waals surface area contributed by atoms with E-state index in [4.69, 9.17) is 23.8 Å². The first-order chi connectivity index (χ1) is 40.2. The summed E-state index contributed by atoms with van der Waals surface area (Å²) in [6.07, 6.45) is 7.85. The van der Waals surface area contributed by atoms with Gasteiger partial charge < -0.3 is 13.2 Å². The van der Waals surface area contributed by atoms with Gasteiger partial charge in [0.05, 0.1) is 5.69 Å². The van der Waals surface area contributed by atoms with Crippen molar-refractivity contribution < 1.29 is 8.83 Å². The molecule has 0 atom stereocenters. The number of benzene rings is 12. The van der Waals surface area contributed by atoms with Crippen molar-refractivity contribution in [1.29, 1.82) is 0 Å². The molecule has 0 spiro atoms. The Morgan fingerprint density at radius 1 is 0.296 bits per heavy atom. The molecule has 0 unspecified atom stereocenters. The molecule has 0 amide bonds. The van der Waals surface area contributed by atoms with Crippen molar-refractivity contribution in [2.75, 3.05) is 0 Å². The van der Waals surface area contributed by atoms with Crippen LogP contribution < -0.4 is 0 Å². The number of fused-ring (bicyclic) bond motifs is 11. The fourth-order valence-electron chi connectivity index (χ4n) is 13.0. The monoisotopic (exact) mass is 1030 g/mol. The molecule has 0 fully saturated rings. The lowest BCUT2D eigenvalue weighted by Crippen LogP contribution is -1.94. The number of hydrogen-bond acceptors (Lipinski definition) is 5. The average molecular weight is 1030 g/mol. The van der Waals surface area contributed by atoms with Crippen LogP contribution in [0, 0.1) is 0 Å². The fraction of sp³-hybridized carbons (Fsp3) is 0. The Labute approximate surface area is 464 Å². The molecule has 0 aliphatic heterocycles. The number of furan rings is 2. The summed E-state index contributed by atoms with van der Waals surface area (Å²) in [5, 5.41) is 13.4. The van der Waals surface area contributed by atoms with Crippen molar-refractivity contribution in [3.63, 3.8) is 0 Å². The van der Waals surface area contributed by atoms with Crippen LogP contribution in [0.5, 0.6) is 0 Å². The molecular formula is C75H44N4O2. The molecule has 0 N–H and O–H groups in total. The van der Waals surface area contributed by atoms with Crippen LogP contribution in [0.1, 0.15) is 0 Å². The second-order valence-electron chi connectivity index (χ2n) is 21.0. The number of rotatable bonds is 7. The lowest BCUT2D eigenvalue weighted by Gasteiger charge is -2.20. The maximum Gasteiger partial charge on any atom is 0.160 e. The number of pyridine rings is 1. The maximum absolute atomic E-state index is 7.00. The zero-order chi connectivity index (χ0) is 53.1. The quantitative estimate of drug-likeness (QED) is 0.149. The van der Waals surface area contributed by atoms with E-state index in [9.17, 15) is 0 Å². The van der Waals surface area contributed by atoms with E-state index in [1.807, 2.05) is 36.7 Å². The third-order valence-corrected chi connectivity index (χ3v) is 16.5. The molecule has 376 valence electrons. The topological polar surface area (TPSA) is 69.4 Å². The summed E-state index contributed by atoms with van der Waals surface area (Å²) in [6, 6.07) is 86.8. The Kier molecular flexibility index (Phi) is 9.91. The Morgan fingerprint density at radius 2 is 0.790 bits per heavy atom. The van der Waals surface area contributed by atoms with Crippen LogP contribution in [0.2, 0.25) is 0 Å². The molecule has 5 heterocycles. The van der Waals surface area contributed by atoms with Gasteiger partial charge in [-0.3, -0.25) is 0 Å². The van der Waals surface area contributed by atoms with Crippen LogP contribution in [0.15, 0.2) is 276 Å². The summed E-state index contributed by atoms with van der Waals surface area (Å²) in [4.78, 5) is 14.7. The summed E-state index contributed by atoms with van der Waals surface area (Å²) in [6.45, 7) is 0. The molecule has 17 aromatic rings. The van der Waals surface area contributed by atoms with Gasteiger partial charge in [0, 0.05) is 68.6 Å². The number of aromatic nitrogens is 4. The van der Waals surface area contributed by atoms with E-state index in [0.29, 0.717) is 5.82 Å². The van der Waals surface area contributed by atoms with Crippen molar-refractivity contribution in [1.82, 2.24) is 19.4 Å². The van der Waals surface area contributed by atoms with E-state index >= 15 is 0 Å². The van der Waals surface area contributed by atoms with Crippen molar-refractivity contribution in [3.05, 3.63) is 267 Å². The second kappa shape index (κ2) is 17.8. The van der Waals surface area contributed by atoms with Gasteiger partial charge in [-0.1, -0.05) is 194 Å². The highest BCUT2D eigenvalue weighted by Gasteiger charge is 2.24. The van der Waals surface area contributed by atoms with E-state index in [0.717, 1.165) is 160 Å². The summed E-state index contributed by atoms with van der Waals surface area (Å²) >= 11 is 0. The lowest BCUT2D eigenvalue weighted by molar-refractivity contribution is 0.669. The van der Waals surface area contributed by atoms with Gasteiger partial charge in [0.2, 0.25) is 0 Å². The average Bonchev–Trinajstić information content (AvgIpc) is 4.43. The molecule has 0 aliphatic rings. The first-order valence-corrected chi connectivity index (χ1v) is 27.4. The third kappa shape index (κ3) is 6.97. The number of hydrogen-bond donors (Lipinski definition) is 0. The molecule has 0 saturated heterocycles. The predicted molar refractivity (Wildman–Crippen MR) is 333 cm³/mol. The summed E-state index contributed by atoms with van der Waals surface area (Å²) in [7, 11) is 0. The zero-order valence-corrected chi connectivity index (χ0v) is 43.5. The maximum atomic E-state index is 7.00. The minimum Gasteiger partial charge on any atom is -0.455 e. The van der Waals surface area contributed by atoms with Crippen LogP contribution in [0.4, 0.5) is 0 Å². The summed E-state index contributed by atoms with van der Waals surface area (Å²) in [5.74, 6) is 0.714. The number of imidazole rings is 1. The van der Waals surface area contributed by atoms with Gasteiger partial charge >= 0.3 is 0 Å². The highest BCUT2D eigenvalue weighted by molar-refractivity contribution is 6.24. The van der Waals surface area contributed by atoms with Gasteiger partial charge in [-0.25, -0.2) is 15.0 Å². The minimum atomic E-state index is 0.714. The first kappa shape index (κ1) is 45.1. The Hall–Kier alpha value is -11.0. The molecule has 0 saturated carbocycles. The Balaban J connectivity index is 0.862. The largest absolute Gasteiger partial charge is 0.455 e. The van der Waals surface area contributed by atoms with Crippen LogP contribution in [0.25, 0.3) is 171 Å². The molecule has 12 aromatic carbocycles. The molecular weight excluding hydrogens is 989 g/mol. The van der Waals surface area contributed by atoms with Crippen molar-refractivity contribution >= 4 is 92.6 Å². The van der Waals surface area contributed by atoms with Gasteiger partial charge in [-0.2, -0.15) is 0 Å². The van der Waals surface area contributed by atoms with Gasteiger partial charge in [-0.15, -0.1) is 0 Å². The number of para-hydroxylation sites is 3. The van der Waals surface area contributed by atoms with Crippen LogP contribution in [-0.2, 0) is 0 Å². The second-order valence-corrected chi connectivity index (χ2v) is 21.0. The van der Waals surface area contributed by atoms with E-state index < -0.39 is 0 Å². The molecule has 6 heteroatoms. The SMILES string of the molecule is c1cnc(-c2c3ccccc3c(-c3cccc(-c4cccc5c4oc4ccc(-c6ccc(-c7cccc8c7oc7ccccc78)cc6-c6c7ccccc7c(-c7cn8ccccc8n7)c7ccccc67)cc45)c3)c3ccccc23)nc1. The standard InChI is InChI=1S/C75H44N4O2/c1-7-26-59-53(20-1)69(54-21-2-8-27-60(54)72(59)75-76-38-16-39-77-75)48-18-13-17-45(41-48)50-28-15-31-62-63-42-46(35-37-67(63)81-74(50)62)49-36-34-47(51-29-14-30-61-52-19-9-10-32-66(52)80-73(51)61)43-64(49)70-55-22-3-5-24-57(55)71(58-25-6-4-23-56(58)70)65-44-79-40-12-11-33-68(79)78-65/h1-44H. The molecule has 17 rings (SSSR count). The highest BCUT2D eigenvalue weighted by atomic mass is 16.3. The van der Waals surface area contributed by atoms with Gasteiger partial charge in [0.1, 0.15) is 28.0 Å². The third-order valence-electron chi connectivity index (χ3n) is 16.5. The summed E-state index contributed by atoms with van der Waals surface area (Å²) in [5.41, 5.74) is 18.4. The highest BCUT2D eigenvalue weighted by Crippen LogP contribution is 2.50. The Bertz CT molecular complexity index is 5290. The smallest absolute Gasteiger partial charge is 0.160 e. The minimum absolute atomic E-state index is 0.714. The zero-order valence-electron chi connectivity index (χ0n) is 43.5. The van der Waals surface area contributed by atoms with Crippen molar-refractivity contribution in [3.8, 4) is 78.3 Å². The number of nitrogens with zero attached hydrogens (tertiary/aromatic N) is 4. The molecule has 0 bridgehead atoms. The van der Waals surface area contributed by atoms with E-state index in [-0.39, 0.29) is 0 Å². The van der Waals surface area contributed by atoms with Gasteiger partial charge in [0.25, 0.3) is 0 Å². The van der Waals surface area contributed by atoms with Gasteiger partial charge in [0.15, 0.2) is 5.82 Å². The lowest BCUT2D eigenvalue weighted by atomic mass is 9.83. The van der Waals surface area contributed by atoms with Crippen molar-refractivity contribution in [2.24, 2.45) is 0 Å². The van der Waals surface area contributed by atoms with Crippen molar-refractivity contribution in [2.45, 2.75) is 0 Å². The molecule has 81 heavy (non-hydrogen) atoms. The van der Waals surface area contributed by atoms with E-state index in [2.05, 4.69) is 235 Å². The molecule has 0 aliphatic carbocycles. The first-order valence-electron chi connectivity index (χ1n) is 27.4.